The predicted octanol–water partition coefficient (Wildman–Crippen LogP) is 5.50. The highest BCUT2D eigenvalue weighted by molar-refractivity contribution is 9.10. The molecule has 2 aromatic heterocycles. The Kier molecular flexibility index (Phi) is 6.11. The van der Waals surface area contributed by atoms with Crippen LogP contribution in [0.5, 0.6) is 0 Å². The van der Waals surface area contributed by atoms with Crippen molar-refractivity contribution in [1.29, 1.82) is 0 Å². The molecule has 0 unspecified atom stereocenters. The van der Waals surface area contributed by atoms with E-state index in [9.17, 15) is 9.59 Å². The highest BCUT2D eigenvalue weighted by Crippen LogP contribution is 2.31. The average Bonchev–Trinajstić information content (AvgIpc) is 3.20. The molecule has 0 amide bonds. The van der Waals surface area contributed by atoms with Gasteiger partial charge in [-0.1, -0.05) is 47.1 Å². The van der Waals surface area contributed by atoms with Gasteiger partial charge in [-0.2, -0.15) is 0 Å². The average molecular weight is 483 g/mol. The van der Waals surface area contributed by atoms with Gasteiger partial charge in [-0.25, -0.2) is 9.78 Å². The predicted molar refractivity (Wildman–Crippen MR) is 123 cm³/mol. The molecule has 0 bridgehead atoms. The van der Waals surface area contributed by atoms with Gasteiger partial charge >= 0.3 is 5.97 Å². The molecule has 5 nitrogen and oxygen atoms in total. The zero-order chi connectivity index (χ0) is 21.1. The van der Waals surface area contributed by atoms with Gasteiger partial charge in [-0.05, 0) is 41.8 Å². The fourth-order valence-corrected chi connectivity index (χ4v) is 4.31. The van der Waals surface area contributed by atoms with Crippen molar-refractivity contribution >= 4 is 43.5 Å². The van der Waals surface area contributed by atoms with Crippen molar-refractivity contribution < 1.29 is 9.53 Å². The first-order valence-electron chi connectivity index (χ1n) is 9.55. The second-order valence-corrected chi connectivity index (χ2v) is 8.62. The molecule has 152 valence electrons. The molecule has 0 aliphatic heterocycles. The highest BCUT2D eigenvalue weighted by atomic mass is 79.9. The van der Waals surface area contributed by atoms with Crippen LogP contribution in [0.25, 0.3) is 21.3 Å². The Bertz CT molecular complexity index is 1240. The maximum atomic E-state index is 13.2. The van der Waals surface area contributed by atoms with Gasteiger partial charge in [0.25, 0.3) is 5.56 Å². The summed E-state index contributed by atoms with van der Waals surface area (Å²) in [5, 5.41) is 2.60. The van der Waals surface area contributed by atoms with Crippen LogP contribution in [0.1, 0.15) is 29.3 Å². The molecule has 0 fully saturated rings. The Labute approximate surface area is 186 Å². The molecular weight excluding hydrogens is 464 g/mol. The van der Waals surface area contributed by atoms with E-state index >= 15 is 0 Å². The standard InChI is InChI=1S/C23H19BrN2O3S/c1-2-11-29-23(28)17-5-3-15(4-6-17)12-26-14-25-21-20(22(26)27)19(13-30-21)16-7-9-18(24)10-8-16/h3-10,13-14H,2,11-12H2,1H3. The molecule has 0 spiro atoms. The molecule has 30 heavy (non-hydrogen) atoms. The van der Waals surface area contributed by atoms with Crippen LogP contribution in [0.15, 0.2) is 69.5 Å². The minimum absolute atomic E-state index is 0.0781. The van der Waals surface area contributed by atoms with Gasteiger partial charge < -0.3 is 4.74 Å². The summed E-state index contributed by atoms with van der Waals surface area (Å²) in [6.07, 6.45) is 2.36. The topological polar surface area (TPSA) is 61.2 Å². The second-order valence-electron chi connectivity index (χ2n) is 6.85. The van der Waals surface area contributed by atoms with E-state index < -0.39 is 0 Å². The van der Waals surface area contributed by atoms with E-state index in [2.05, 4.69) is 20.9 Å². The lowest BCUT2D eigenvalue weighted by Gasteiger charge is -2.08. The van der Waals surface area contributed by atoms with Crippen LogP contribution in [0, 0.1) is 0 Å². The molecular formula is C23H19BrN2O3S. The Morgan fingerprint density at radius 3 is 2.57 bits per heavy atom. The van der Waals surface area contributed by atoms with Crippen LogP contribution in [0.3, 0.4) is 0 Å². The Morgan fingerprint density at radius 1 is 1.13 bits per heavy atom. The second kappa shape index (κ2) is 8.93. The molecule has 2 aromatic carbocycles. The zero-order valence-corrected chi connectivity index (χ0v) is 18.7. The summed E-state index contributed by atoms with van der Waals surface area (Å²) >= 11 is 4.91. The maximum absolute atomic E-state index is 13.2. The van der Waals surface area contributed by atoms with Crippen LogP contribution < -0.4 is 5.56 Å². The van der Waals surface area contributed by atoms with Gasteiger partial charge in [-0.15, -0.1) is 11.3 Å². The van der Waals surface area contributed by atoms with Crippen LogP contribution in [-0.4, -0.2) is 22.1 Å². The molecule has 0 saturated carbocycles. The Hall–Kier alpha value is -2.77. The molecule has 4 rings (SSSR count). The summed E-state index contributed by atoms with van der Waals surface area (Å²) in [4.78, 5) is 30.3. The number of carbonyl (C=O) groups excluding carboxylic acids is 1. The zero-order valence-electron chi connectivity index (χ0n) is 16.3. The number of esters is 1. The van der Waals surface area contributed by atoms with Crippen LogP contribution >= 0.6 is 27.3 Å². The Balaban J connectivity index is 1.63. The number of thiophene rings is 1. The molecule has 0 saturated heterocycles. The van der Waals surface area contributed by atoms with Crippen LogP contribution in [0.4, 0.5) is 0 Å². The van der Waals surface area contributed by atoms with E-state index in [1.807, 2.05) is 48.7 Å². The summed E-state index contributed by atoms with van der Waals surface area (Å²) in [5.41, 5.74) is 3.21. The number of hydrogen-bond acceptors (Lipinski definition) is 5. The summed E-state index contributed by atoms with van der Waals surface area (Å²) < 4.78 is 7.74. The van der Waals surface area contributed by atoms with E-state index in [1.54, 1.807) is 23.0 Å². The van der Waals surface area contributed by atoms with E-state index in [0.717, 1.165) is 32.4 Å². The molecule has 0 atom stereocenters. The van der Waals surface area contributed by atoms with Crippen molar-refractivity contribution in [1.82, 2.24) is 9.55 Å². The summed E-state index contributed by atoms with van der Waals surface area (Å²) in [7, 11) is 0. The fourth-order valence-electron chi connectivity index (χ4n) is 3.14. The van der Waals surface area contributed by atoms with Gasteiger partial charge in [0.2, 0.25) is 0 Å². The number of nitrogens with zero attached hydrogens (tertiary/aromatic N) is 2. The number of aromatic nitrogens is 2. The van der Waals surface area contributed by atoms with E-state index in [-0.39, 0.29) is 11.5 Å². The van der Waals surface area contributed by atoms with Gasteiger partial charge in [0.15, 0.2) is 0 Å². The molecule has 7 heteroatoms. The maximum Gasteiger partial charge on any atom is 0.338 e. The SMILES string of the molecule is CCCOC(=O)c1ccc(Cn2cnc3scc(-c4ccc(Br)cc4)c3c2=O)cc1. The number of benzene rings is 2. The van der Waals surface area contributed by atoms with Crippen molar-refractivity contribution in [3.05, 3.63) is 86.2 Å². The lowest BCUT2D eigenvalue weighted by molar-refractivity contribution is 0.0505. The number of rotatable bonds is 6. The van der Waals surface area contributed by atoms with Crippen molar-refractivity contribution in [2.45, 2.75) is 19.9 Å². The Morgan fingerprint density at radius 2 is 1.87 bits per heavy atom. The summed E-state index contributed by atoms with van der Waals surface area (Å²) in [5.74, 6) is -0.332. The van der Waals surface area contributed by atoms with Crippen molar-refractivity contribution in [2.24, 2.45) is 0 Å². The molecule has 2 heterocycles. The first-order chi connectivity index (χ1) is 14.6. The van der Waals surface area contributed by atoms with Crippen molar-refractivity contribution in [2.75, 3.05) is 6.61 Å². The van der Waals surface area contributed by atoms with Crippen LogP contribution in [-0.2, 0) is 11.3 Å². The molecule has 0 aliphatic rings. The fraction of sp³-hybridized carbons (Fsp3) is 0.174. The van der Waals surface area contributed by atoms with E-state index in [4.69, 9.17) is 4.74 Å². The minimum Gasteiger partial charge on any atom is -0.462 e. The number of ether oxygens (including phenoxy) is 1. The third-order valence-corrected chi connectivity index (χ3v) is 6.11. The molecule has 0 N–H and O–H groups in total. The van der Waals surface area contributed by atoms with Gasteiger partial charge in [0.05, 0.1) is 30.4 Å². The third kappa shape index (κ3) is 4.22. The van der Waals surface area contributed by atoms with Crippen molar-refractivity contribution in [3.63, 3.8) is 0 Å². The quantitative estimate of drug-likeness (QED) is 0.340. The molecule has 0 aliphatic carbocycles. The minimum atomic E-state index is -0.332. The van der Waals surface area contributed by atoms with Gasteiger partial charge in [-0.3, -0.25) is 9.36 Å². The molecule has 4 aromatic rings. The summed E-state index contributed by atoms with van der Waals surface area (Å²) in [6, 6.07) is 15.0. The normalized spacial score (nSPS) is 11.0. The van der Waals surface area contributed by atoms with Crippen LogP contribution in [0.2, 0.25) is 0 Å². The number of hydrogen-bond donors (Lipinski definition) is 0. The lowest BCUT2D eigenvalue weighted by atomic mass is 10.1. The monoisotopic (exact) mass is 482 g/mol. The first kappa shape index (κ1) is 20.5. The van der Waals surface area contributed by atoms with Gasteiger partial charge in [0, 0.05) is 15.4 Å². The van der Waals surface area contributed by atoms with Crippen molar-refractivity contribution in [3.8, 4) is 11.1 Å². The third-order valence-electron chi connectivity index (χ3n) is 4.70. The number of fused-ring (bicyclic) bond motifs is 1. The summed E-state index contributed by atoms with van der Waals surface area (Å²) in [6.45, 7) is 2.74. The smallest absolute Gasteiger partial charge is 0.338 e. The van der Waals surface area contributed by atoms with Gasteiger partial charge in [0.1, 0.15) is 4.83 Å². The number of carbonyl (C=O) groups is 1. The van der Waals surface area contributed by atoms with E-state index in [1.165, 1.54) is 11.3 Å². The first-order valence-corrected chi connectivity index (χ1v) is 11.2. The number of halogens is 1. The largest absolute Gasteiger partial charge is 0.462 e. The van der Waals surface area contributed by atoms with E-state index in [0.29, 0.717) is 24.1 Å². The molecule has 0 radical (unpaired) electrons. The highest BCUT2D eigenvalue weighted by Gasteiger charge is 2.14. The lowest BCUT2D eigenvalue weighted by Crippen LogP contribution is -2.21.